The molecule has 5 rings (SSSR count). The lowest BCUT2D eigenvalue weighted by atomic mass is 9.98. The Balaban J connectivity index is 1.42. The van der Waals surface area contributed by atoms with E-state index in [1.54, 1.807) is 64.0 Å². The normalized spacial score (nSPS) is 23.7. The summed E-state index contributed by atoms with van der Waals surface area (Å²) in [6.07, 6.45) is -3.39. The molecule has 3 heterocycles. The first-order chi connectivity index (χ1) is 21.2. The summed E-state index contributed by atoms with van der Waals surface area (Å²) in [5.74, 6) is 0.531. The van der Waals surface area contributed by atoms with Gasteiger partial charge in [0.2, 0.25) is 0 Å². The Bertz CT molecular complexity index is 1740. The summed E-state index contributed by atoms with van der Waals surface area (Å²) >= 11 is 0. The fourth-order valence-electron chi connectivity index (χ4n) is 5.13. The average molecular weight is 645 g/mol. The van der Waals surface area contributed by atoms with Crippen molar-refractivity contribution in [2.45, 2.75) is 70.9 Å². The molecule has 0 aliphatic carbocycles. The molecule has 1 saturated heterocycles. The van der Waals surface area contributed by atoms with Crippen LogP contribution in [-0.4, -0.2) is 81.3 Å². The first-order valence-electron chi connectivity index (χ1n) is 14.5. The molecule has 0 bridgehead atoms. The second-order valence-electron chi connectivity index (χ2n) is 11.6. The lowest BCUT2D eigenvalue weighted by molar-refractivity contribution is -0.149. The van der Waals surface area contributed by atoms with Crippen molar-refractivity contribution < 1.29 is 37.4 Å². The molecule has 13 nitrogen and oxygen atoms in total. The van der Waals surface area contributed by atoms with Crippen molar-refractivity contribution in [3.8, 4) is 5.75 Å². The predicted molar refractivity (Wildman–Crippen MR) is 166 cm³/mol. The molecule has 2 aromatic carbocycles. The van der Waals surface area contributed by atoms with Crippen LogP contribution in [0.15, 0.2) is 48.8 Å². The summed E-state index contributed by atoms with van der Waals surface area (Å²) in [6, 6.07) is 11.4. The van der Waals surface area contributed by atoms with Crippen LogP contribution in [-0.2, 0) is 23.4 Å². The van der Waals surface area contributed by atoms with Gasteiger partial charge in [0.25, 0.3) is 0 Å². The Hall–Kier alpha value is -3.68. The van der Waals surface area contributed by atoms with Crippen LogP contribution in [0.2, 0.25) is 0 Å². The number of carbonyl (C=O) groups excluding carboxylic acids is 1. The van der Waals surface area contributed by atoms with Crippen molar-refractivity contribution in [3.63, 3.8) is 0 Å². The van der Waals surface area contributed by atoms with Crippen molar-refractivity contribution in [1.29, 1.82) is 0 Å². The first-order valence-corrected chi connectivity index (χ1v) is 16.1. The van der Waals surface area contributed by atoms with Gasteiger partial charge in [-0.3, -0.25) is 13.9 Å². The number of anilines is 1. The number of aliphatic hydroxyl groups excluding tert-OH is 1. The number of hydrogen-bond donors (Lipinski definition) is 2. The summed E-state index contributed by atoms with van der Waals surface area (Å²) in [4.78, 5) is 27.6. The Morgan fingerprint density at radius 1 is 1.20 bits per heavy atom. The number of nitrogens with zero attached hydrogens (tertiary/aromatic N) is 5. The van der Waals surface area contributed by atoms with E-state index < -0.39 is 56.6 Å². The molecular formula is C30H38FN6O7P. The van der Waals surface area contributed by atoms with E-state index in [1.807, 2.05) is 18.2 Å². The van der Waals surface area contributed by atoms with Crippen LogP contribution in [0.5, 0.6) is 5.75 Å². The van der Waals surface area contributed by atoms with E-state index in [9.17, 15) is 14.5 Å². The zero-order chi connectivity index (χ0) is 32.7. The van der Waals surface area contributed by atoms with E-state index in [0.717, 1.165) is 5.39 Å². The third-order valence-corrected chi connectivity index (χ3v) is 8.97. The molecule has 1 fully saturated rings. The quantitative estimate of drug-likeness (QED) is 0.175. The molecule has 4 aromatic rings. The number of nitrogens with one attached hydrogen (secondary N) is 1. The number of aromatic nitrogens is 4. The summed E-state index contributed by atoms with van der Waals surface area (Å²) in [7, 11) is -0.764. The number of fused-ring (bicyclic) bond motifs is 2. The van der Waals surface area contributed by atoms with E-state index in [4.69, 9.17) is 18.5 Å². The molecule has 1 aliphatic heterocycles. The van der Waals surface area contributed by atoms with Crippen LogP contribution in [0, 0.1) is 6.92 Å². The van der Waals surface area contributed by atoms with Crippen LogP contribution >= 0.6 is 7.75 Å². The van der Waals surface area contributed by atoms with Gasteiger partial charge in [-0.15, -0.1) is 0 Å². The number of halogens is 1. The van der Waals surface area contributed by atoms with Gasteiger partial charge in [0.05, 0.1) is 19.0 Å². The molecule has 6 atom stereocenters. The summed E-state index contributed by atoms with van der Waals surface area (Å²) in [5.41, 5.74) is -1.59. The van der Waals surface area contributed by atoms with Crippen LogP contribution in [0.25, 0.3) is 21.9 Å². The van der Waals surface area contributed by atoms with E-state index in [2.05, 4.69) is 20.0 Å². The minimum atomic E-state index is -4.37. The number of imidazole rings is 1. The first kappa shape index (κ1) is 32.7. The Labute approximate surface area is 260 Å². The third kappa shape index (κ3) is 6.66. The molecule has 2 aromatic heterocycles. The largest absolute Gasteiger partial charge is 0.462 e. The molecule has 0 spiro atoms. The third-order valence-electron chi connectivity index (χ3n) is 7.34. The van der Waals surface area contributed by atoms with Crippen molar-refractivity contribution in [3.05, 3.63) is 54.6 Å². The van der Waals surface area contributed by atoms with Gasteiger partial charge in [-0.25, -0.2) is 23.9 Å². The lowest BCUT2D eigenvalue weighted by Crippen LogP contribution is -2.41. The maximum atomic E-state index is 16.2. The highest BCUT2D eigenvalue weighted by atomic mass is 31.2. The van der Waals surface area contributed by atoms with Crippen molar-refractivity contribution >= 4 is 41.5 Å². The predicted octanol–water partition coefficient (Wildman–Crippen LogP) is 4.47. The minimum Gasteiger partial charge on any atom is -0.462 e. The van der Waals surface area contributed by atoms with Crippen molar-refractivity contribution in [1.82, 2.24) is 24.6 Å². The second-order valence-corrected chi connectivity index (χ2v) is 13.3. The average Bonchev–Trinajstić information content (AvgIpc) is 3.48. The van der Waals surface area contributed by atoms with E-state index in [-0.39, 0.29) is 5.75 Å². The molecule has 1 aliphatic rings. The summed E-state index contributed by atoms with van der Waals surface area (Å²) < 4.78 is 54.9. The Morgan fingerprint density at radius 3 is 2.62 bits per heavy atom. The Morgan fingerprint density at radius 2 is 1.91 bits per heavy atom. The summed E-state index contributed by atoms with van der Waals surface area (Å²) in [6.45, 7) is 7.19. The molecular weight excluding hydrogens is 606 g/mol. The van der Waals surface area contributed by atoms with E-state index in [1.165, 1.54) is 24.7 Å². The molecule has 242 valence electrons. The smallest absolute Gasteiger partial charge is 0.459 e. The van der Waals surface area contributed by atoms with Gasteiger partial charge in [-0.05, 0) is 46.1 Å². The van der Waals surface area contributed by atoms with Crippen LogP contribution in [0.4, 0.5) is 10.2 Å². The van der Waals surface area contributed by atoms with E-state index >= 15 is 4.39 Å². The van der Waals surface area contributed by atoms with Gasteiger partial charge in [0.1, 0.15) is 29.8 Å². The van der Waals surface area contributed by atoms with Gasteiger partial charge in [0, 0.05) is 19.5 Å². The van der Waals surface area contributed by atoms with Gasteiger partial charge in [0.15, 0.2) is 28.9 Å². The van der Waals surface area contributed by atoms with Gasteiger partial charge < -0.3 is 24.0 Å². The number of ether oxygens (including phenoxy) is 2. The van der Waals surface area contributed by atoms with Crippen molar-refractivity contribution in [2.24, 2.45) is 0 Å². The number of carbonyl (C=O) groups is 1. The van der Waals surface area contributed by atoms with Gasteiger partial charge >= 0.3 is 13.7 Å². The number of rotatable bonds is 11. The lowest BCUT2D eigenvalue weighted by Gasteiger charge is -2.26. The molecule has 0 amide bonds. The van der Waals surface area contributed by atoms with Gasteiger partial charge in [-0.1, -0.05) is 36.4 Å². The standard InChI is InChI=1S/C30H38FN6O7P/c1-17(2)42-28(39)18(3)35-45(40,44-22-14-10-12-20-11-8-9-13-21(20)22)41-15-23-25(38)30(5,31)29(43-23)37-16-32-24-26(36(6)7)33-19(4)34-27(24)37/h8-14,16-18,23,25,29,38H,15H2,1-7H3,(H,35,40)/t18-,23+,25+,29+,30+,45?/m0/s1. The molecule has 0 saturated carbocycles. The number of hydrogen-bond acceptors (Lipinski definition) is 11. The fourth-order valence-corrected chi connectivity index (χ4v) is 6.65. The van der Waals surface area contributed by atoms with Crippen molar-refractivity contribution in [2.75, 3.05) is 25.6 Å². The number of esters is 1. The maximum Gasteiger partial charge on any atom is 0.459 e. The molecule has 1 unspecified atom stereocenters. The molecule has 0 radical (unpaired) electrons. The highest BCUT2D eigenvalue weighted by molar-refractivity contribution is 7.52. The number of alkyl halides is 1. The van der Waals surface area contributed by atoms with Gasteiger partial charge in [-0.2, -0.15) is 5.09 Å². The highest BCUT2D eigenvalue weighted by Gasteiger charge is 2.56. The number of benzene rings is 2. The Kier molecular flexibility index (Phi) is 9.16. The SMILES string of the molecule is Cc1nc(N(C)C)c2ncn([C@@H]3O[C@H](COP(=O)(N[C@@H](C)C(=O)OC(C)C)Oc4cccc5ccccc45)[C@@H](O)[C@@]3(C)F)c2n1. The van der Waals surface area contributed by atoms with Crippen LogP contribution < -0.4 is 14.5 Å². The number of aryl methyl sites for hydroxylation is 1. The highest BCUT2D eigenvalue weighted by Crippen LogP contribution is 2.49. The second kappa shape index (κ2) is 12.6. The monoisotopic (exact) mass is 644 g/mol. The van der Waals surface area contributed by atoms with Crippen LogP contribution in [0.1, 0.15) is 39.7 Å². The molecule has 15 heteroatoms. The maximum absolute atomic E-state index is 16.2. The zero-order valence-electron chi connectivity index (χ0n) is 26.2. The topological polar surface area (TPSA) is 150 Å². The summed E-state index contributed by atoms with van der Waals surface area (Å²) in [5, 5.41) is 15.2. The minimum absolute atomic E-state index is 0.228. The fraction of sp³-hybridized carbons (Fsp3) is 0.467. The zero-order valence-corrected chi connectivity index (χ0v) is 27.1. The van der Waals surface area contributed by atoms with E-state index in [0.29, 0.717) is 28.2 Å². The molecule has 2 N–H and O–H groups in total. The van der Waals surface area contributed by atoms with Crippen LogP contribution in [0.3, 0.4) is 0 Å². The molecule has 45 heavy (non-hydrogen) atoms. The number of aliphatic hydroxyl groups is 1.